The van der Waals surface area contributed by atoms with Crippen molar-refractivity contribution in [3.63, 3.8) is 0 Å². The van der Waals surface area contributed by atoms with Crippen LogP contribution < -0.4 is 5.73 Å². The zero-order valence-electron chi connectivity index (χ0n) is 5.96. The Morgan fingerprint density at radius 2 is 1.89 bits per heavy atom. The highest BCUT2D eigenvalue weighted by atomic mass is 16.4. The zero-order chi connectivity index (χ0) is 7.49. The Morgan fingerprint density at radius 3 is 2.00 bits per heavy atom. The number of rotatable bonds is 3. The minimum Gasteiger partial charge on any atom is -0.427 e. The van der Waals surface area contributed by atoms with Crippen molar-refractivity contribution in [3.8, 4) is 0 Å². The summed E-state index contributed by atoms with van der Waals surface area (Å²) in [5, 5.41) is 16.8. The summed E-state index contributed by atoms with van der Waals surface area (Å²) in [6, 6.07) is 0. The third-order valence-electron chi connectivity index (χ3n) is 1.05. The van der Waals surface area contributed by atoms with Gasteiger partial charge in [-0.3, -0.25) is 0 Å². The number of hydrogen-bond donors (Lipinski definition) is 3. The molecule has 4 heteroatoms. The molecule has 0 heterocycles. The molecule has 0 aliphatic rings. The van der Waals surface area contributed by atoms with Crippen LogP contribution in [0.4, 0.5) is 0 Å². The summed E-state index contributed by atoms with van der Waals surface area (Å²) in [5.41, 5.74) is 5.27. The molecule has 0 aliphatic heterocycles. The molecular weight excluding hydrogens is 117 g/mol. The maximum absolute atomic E-state index is 8.42. The average molecular weight is 131 g/mol. The fourth-order valence-electron chi connectivity index (χ4n) is 0.501. The minimum absolute atomic E-state index is 0.288. The Labute approximate surface area is 56.0 Å². The minimum atomic E-state index is -1.21. The largest absolute Gasteiger partial charge is 0.451 e. The van der Waals surface area contributed by atoms with Crippen LogP contribution in [0, 0.1) is 0 Å². The lowest BCUT2D eigenvalue weighted by atomic mass is 9.80. The van der Waals surface area contributed by atoms with E-state index < -0.39 is 7.12 Å². The molecule has 0 saturated carbocycles. The standard InChI is InChI=1S/C5H14BNO2/c1-5(2,7)3-4-6(8)9/h8-9H,3-4,7H2,1-2H3. The van der Waals surface area contributed by atoms with Gasteiger partial charge in [0, 0.05) is 5.54 Å². The predicted molar refractivity (Wildman–Crippen MR) is 37.9 cm³/mol. The van der Waals surface area contributed by atoms with Crippen molar-refractivity contribution in [2.75, 3.05) is 0 Å². The van der Waals surface area contributed by atoms with Crippen LogP contribution >= 0.6 is 0 Å². The van der Waals surface area contributed by atoms with Gasteiger partial charge in [0.25, 0.3) is 0 Å². The molecule has 9 heavy (non-hydrogen) atoms. The van der Waals surface area contributed by atoms with Gasteiger partial charge in [-0.15, -0.1) is 0 Å². The summed E-state index contributed by atoms with van der Waals surface area (Å²) >= 11 is 0. The summed E-state index contributed by atoms with van der Waals surface area (Å²) < 4.78 is 0. The molecule has 0 unspecified atom stereocenters. The highest BCUT2D eigenvalue weighted by Gasteiger charge is 2.14. The van der Waals surface area contributed by atoms with Crippen molar-refractivity contribution in [1.29, 1.82) is 0 Å². The van der Waals surface area contributed by atoms with Gasteiger partial charge in [0.2, 0.25) is 0 Å². The van der Waals surface area contributed by atoms with Crippen molar-refractivity contribution in [2.45, 2.75) is 32.1 Å². The van der Waals surface area contributed by atoms with E-state index in [1.165, 1.54) is 0 Å². The number of hydrogen-bond acceptors (Lipinski definition) is 3. The van der Waals surface area contributed by atoms with Gasteiger partial charge in [0.15, 0.2) is 0 Å². The second-order valence-corrected chi connectivity index (χ2v) is 3.01. The fraction of sp³-hybridized carbons (Fsp3) is 1.00. The average Bonchev–Trinajstić information content (AvgIpc) is 1.59. The maximum atomic E-state index is 8.42. The van der Waals surface area contributed by atoms with E-state index >= 15 is 0 Å². The van der Waals surface area contributed by atoms with Crippen molar-refractivity contribution >= 4 is 7.12 Å². The summed E-state index contributed by atoms with van der Waals surface area (Å²) in [5.74, 6) is 0. The highest BCUT2D eigenvalue weighted by Crippen LogP contribution is 2.07. The smallest absolute Gasteiger partial charge is 0.427 e. The molecule has 3 nitrogen and oxygen atoms in total. The van der Waals surface area contributed by atoms with Crippen LogP contribution in [0.25, 0.3) is 0 Å². The summed E-state index contributed by atoms with van der Waals surface area (Å²) in [7, 11) is -1.21. The van der Waals surface area contributed by atoms with Crippen molar-refractivity contribution < 1.29 is 10.0 Å². The molecule has 54 valence electrons. The molecule has 0 saturated heterocycles. The van der Waals surface area contributed by atoms with Gasteiger partial charge < -0.3 is 15.8 Å². The van der Waals surface area contributed by atoms with Crippen LogP contribution in [0.2, 0.25) is 6.32 Å². The third kappa shape index (κ3) is 7.94. The molecule has 0 fully saturated rings. The van der Waals surface area contributed by atoms with Gasteiger partial charge in [0.05, 0.1) is 0 Å². The molecule has 0 spiro atoms. The quantitative estimate of drug-likeness (QED) is 0.456. The topological polar surface area (TPSA) is 66.5 Å². The van der Waals surface area contributed by atoms with Gasteiger partial charge >= 0.3 is 7.12 Å². The molecule has 0 amide bonds. The molecule has 4 N–H and O–H groups in total. The second-order valence-electron chi connectivity index (χ2n) is 3.01. The van der Waals surface area contributed by atoms with E-state index in [-0.39, 0.29) is 5.54 Å². The van der Waals surface area contributed by atoms with Crippen molar-refractivity contribution in [2.24, 2.45) is 5.73 Å². The van der Waals surface area contributed by atoms with Gasteiger partial charge in [-0.2, -0.15) is 0 Å². The third-order valence-corrected chi connectivity index (χ3v) is 1.05. The van der Waals surface area contributed by atoms with Crippen molar-refractivity contribution in [3.05, 3.63) is 0 Å². The normalized spacial score (nSPS) is 11.7. The molecule has 0 aromatic carbocycles. The molecular formula is C5H14BNO2. The van der Waals surface area contributed by atoms with E-state index in [4.69, 9.17) is 15.8 Å². The van der Waals surface area contributed by atoms with Crippen LogP contribution in [0.15, 0.2) is 0 Å². The van der Waals surface area contributed by atoms with E-state index in [1.807, 2.05) is 13.8 Å². The van der Waals surface area contributed by atoms with E-state index in [0.717, 1.165) is 0 Å². The van der Waals surface area contributed by atoms with E-state index in [1.54, 1.807) is 0 Å². The maximum Gasteiger partial charge on any atom is 0.451 e. The van der Waals surface area contributed by atoms with E-state index in [9.17, 15) is 0 Å². The Bertz CT molecular complexity index is 79.5. The first-order chi connectivity index (χ1) is 3.92. The summed E-state index contributed by atoms with van der Waals surface area (Å²) in [6.45, 7) is 3.71. The van der Waals surface area contributed by atoms with E-state index in [0.29, 0.717) is 12.7 Å². The molecule has 0 aromatic heterocycles. The van der Waals surface area contributed by atoms with Gasteiger partial charge in [-0.25, -0.2) is 0 Å². The van der Waals surface area contributed by atoms with Crippen LogP contribution in [0.1, 0.15) is 20.3 Å². The lowest BCUT2D eigenvalue weighted by Gasteiger charge is -2.17. The van der Waals surface area contributed by atoms with Crippen LogP contribution in [-0.4, -0.2) is 22.7 Å². The van der Waals surface area contributed by atoms with Crippen molar-refractivity contribution in [1.82, 2.24) is 0 Å². The monoisotopic (exact) mass is 131 g/mol. The summed E-state index contributed by atoms with van der Waals surface area (Å²) in [4.78, 5) is 0. The SMILES string of the molecule is CC(C)(N)CCB(O)O. The van der Waals surface area contributed by atoms with Crippen LogP contribution in [0.5, 0.6) is 0 Å². The Balaban J connectivity index is 3.28. The number of nitrogens with two attached hydrogens (primary N) is 1. The second kappa shape index (κ2) is 3.20. The predicted octanol–water partition coefficient (Wildman–Crippen LogP) is -0.413. The van der Waals surface area contributed by atoms with Crippen LogP contribution in [0.3, 0.4) is 0 Å². The van der Waals surface area contributed by atoms with Crippen LogP contribution in [-0.2, 0) is 0 Å². The molecule has 0 rings (SSSR count). The molecule has 0 radical (unpaired) electrons. The Morgan fingerprint density at radius 1 is 1.44 bits per heavy atom. The fourth-order valence-corrected chi connectivity index (χ4v) is 0.501. The Hall–Kier alpha value is -0.0551. The Kier molecular flexibility index (Phi) is 3.18. The molecule has 0 aromatic rings. The van der Waals surface area contributed by atoms with Gasteiger partial charge in [-0.1, -0.05) is 0 Å². The molecule has 0 aliphatic carbocycles. The first-order valence-corrected chi connectivity index (χ1v) is 3.07. The van der Waals surface area contributed by atoms with Gasteiger partial charge in [0.1, 0.15) is 0 Å². The molecule has 0 bridgehead atoms. The van der Waals surface area contributed by atoms with Gasteiger partial charge in [-0.05, 0) is 26.6 Å². The zero-order valence-corrected chi connectivity index (χ0v) is 5.96. The lowest BCUT2D eigenvalue weighted by molar-refractivity contribution is 0.388. The first-order valence-electron chi connectivity index (χ1n) is 3.07. The first kappa shape index (κ1) is 8.94. The lowest BCUT2D eigenvalue weighted by Crippen LogP contribution is -2.33. The highest BCUT2D eigenvalue weighted by molar-refractivity contribution is 6.40. The summed E-state index contributed by atoms with van der Waals surface area (Å²) in [6.07, 6.45) is 0.980. The molecule has 0 atom stereocenters. The van der Waals surface area contributed by atoms with E-state index in [2.05, 4.69) is 0 Å².